The van der Waals surface area contributed by atoms with E-state index in [4.69, 9.17) is 16.3 Å². The SMILES string of the molecule is Cc1cn2c(=O)cc(COC(=O)c3ccc(NC(=O)c4cccc(Cl)c4)cc3)nc2s1. The molecule has 0 saturated heterocycles. The van der Waals surface area contributed by atoms with Crippen molar-refractivity contribution in [2.75, 3.05) is 5.32 Å². The molecule has 2 aromatic carbocycles. The highest BCUT2D eigenvalue weighted by Crippen LogP contribution is 2.16. The molecule has 0 unspecified atom stereocenters. The van der Waals surface area contributed by atoms with Crippen LogP contribution in [0.4, 0.5) is 5.69 Å². The number of nitrogens with zero attached hydrogens (tertiary/aromatic N) is 2. The van der Waals surface area contributed by atoms with E-state index in [-0.39, 0.29) is 18.1 Å². The number of fused-ring (bicyclic) bond motifs is 1. The lowest BCUT2D eigenvalue weighted by Crippen LogP contribution is -2.15. The predicted octanol–water partition coefficient (Wildman–Crippen LogP) is 4.33. The van der Waals surface area contributed by atoms with Crippen LogP contribution in [0, 0.1) is 6.92 Å². The molecule has 0 radical (unpaired) electrons. The molecule has 0 fully saturated rings. The summed E-state index contributed by atoms with van der Waals surface area (Å²) < 4.78 is 6.74. The first-order valence-electron chi connectivity index (χ1n) is 9.22. The first-order valence-corrected chi connectivity index (χ1v) is 10.4. The first-order chi connectivity index (χ1) is 14.9. The zero-order valence-corrected chi connectivity index (χ0v) is 17.9. The molecule has 0 saturated carbocycles. The molecule has 2 aromatic heterocycles. The Balaban J connectivity index is 1.39. The maximum atomic E-state index is 12.3. The number of amides is 1. The number of aromatic nitrogens is 2. The summed E-state index contributed by atoms with van der Waals surface area (Å²) in [5.74, 6) is -0.869. The molecule has 4 rings (SSSR count). The number of nitrogens with one attached hydrogen (secondary N) is 1. The minimum atomic E-state index is -0.558. The van der Waals surface area contributed by atoms with Gasteiger partial charge in [-0.15, -0.1) is 11.3 Å². The van der Waals surface area contributed by atoms with E-state index in [1.54, 1.807) is 54.7 Å². The van der Waals surface area contributed by atoms with Crippen molar-refractivity contribution in [2.45, 2.75) is 13.5 Å². The molecule has 7 nitrogen and oxygen atoms in total. The number of halogens is 1. The fraction of sp³-hybridized carbons (Fsp3) is 0.0909. The highest BCUT2D eigenvalue weighted by Gasteiger charge is 2.12. The van der Waals surface area contributed by atoms with Crippen molar-refractivity contribution < 1.29 is 14.3 Å². The number of esters is 1. The minimum Gasteiger partial charge on any atom is -0.456 e. The lowest BCUT2D eigenvalue weighted by atomic mass is 10.2. The van der Waals surface area contributed by atoms with Gasteiger partial charge in [-0.25, -0.2) is 9.78 Å². The van der Waals surface area contributed by atoms with Crippen LogP contribution >= 0.6 is 22.9 Å². The highest BCUT2D eigenvalue weighted by atomic mass is 35.5. The number of aryl methyl sites for hydroxylation is 1. The summed E-state index contributed by atoms with van der Waals surface area (Å²) in [6, 6.07) is 14.2. The quantitative estimate of drug-likeness (QED) is 0.454. The number of thiazole rings is 1. The average molecular weight is 454 g/mol. The summed E-state index contributed by atoms with van der Waals surface area (Å²) in [6.45, 7) is 1.77. The van der Waals surface area contributed by atoms with Gasteiger partial charge < -0.3 is 10.1 Å². The van der Waals surface area contributed by atoms with Crippen molar-refractivity contribution in [1.82, 2.24) is 9.38 Å². The lowest BCUT2D eigenvalue weighted by molar-refractivity contribution is 0.0467. The van der Waals surface area contributed by atoms with E-state index in [1.807, 2.05) is 6.92 Å². The normalized spacial score (nSPS) is 10.8. The van der Waals surface area contributed by atoms with E-state index < -0.39 is 5.97 Å². The van der Waals surface area contributed by atoms with Gasteiger partial charge in [0.05, 0.1) is 11.3 Å². The predicted molar refractivity (Wildman–Crippen MR) is 119 cm³/mol. The van der Waals surface area contributed by atoms with Crippen molar-refractivity contribution >= 4 is 45.5 Å². The second-order valence-electron chi connectivity index (χ2n) is 6.70. The van der Waals surface area contributed by atoms with E-state index in [9.17, 15) is 14.4 Å². The Morgan fingerprint density at radius 1 is 1.13 bits per heavy atom. The largest absolute Gasteiger partial charge is 0.456 e. The van der Waals surface area contributed by atoms with E-state index in [1.165, 1.54) is 21.8 Å². The number of hydrogen-bond acceptors (Lipinski definition) is 6. The summed E-state index contributed by atoms with van der Waals surface area (Å²) in [7, 11) is 0. The molecule has 1 N–H and O–H groups in total. The van der Waals surface area contributed by atoms with Gasteiger partial charge in [0.2, 0.25) is 0 Å². The Labute approximate surface area is 185 Å². The highest BCUT2D eigenvalue weighted by molar-refractivity contribution is 7.16. The fourth-order valence-corrected chi connectivity index (χ4v) is 3.92. The molecule has 0 bridgehead atoms. The van der Waals surface area contributed by atoms with Crippen LogP contribution in [-0.2, 0) is 11.3 Å². The molecule has 9 heteroatoms. The van der Waals surface area contributed by atoms with Crippen LogP contribution in [-0.4, -0.2) is 21.3 Å². The van der Waals surface area contributed by atoms with Gasteiger partial charge in [0.25, 0.3) is 11.5 Å². The molecule has 0 aliphatic rings. The van der Waals surface area contributed by atoms with Gasteiger partial charge in [-0.1, -0.05) is 17.7 Å². The second-order valence-corrected chi connectivity index (χ2v) is 8.35. The van der Waals surface area contributed by atoms with Crippen LogP contribution in [0.3, 0.4) is 0 Å². The average Bonchev–Trinajstić information content (AvgIpc) is 3.13. The first kappa shape index (κ1) is 20.8. The third-order valence-electron chi connectivity index (χ3n) is 4.35. The molecule has 31 heavy (non-hydrogen) atoms. The maximum Gasteiger partial charge on any atom is 0.338 e. The van der Waals surface area contributed by atoms with Crippen molar-refractivity contribution in [3.05, 3.63) is 97.9 Å². The van der Waals surface area contributed by atoms with Crippen LogP contribution in [0.5, 0.6) is 0 Å². The topological polar surface area (TPSA) is 89.8 Å². The molecule has 1 amide bonds. The summed E-state index contributed by atoms with van der Waals surface area (Å²) in [6.07, 6.45) is 1.72. The molecular formula is C22H16ClN3O4S. The monoisotopic (exact) mass is 453 g/mol. The van der Waals surface area contributed by atoms with Gasteiger partial charge in [0.1, 0.15) is 6.61 Å². The molecule has 0 aliphatic carbocycles. The number of carbonyl (C=O) groups is 2. The van der Waals surface area contributed by atoms with Gasteiger partial charge in [0.15, 0.2) is 4.96 Å². The van der Waals surface area contributed by atoms with Gasteiger partial charge in [-0.2, -0.15) is 0 Å². The zero-order chi connectivity index (χ0) is 22.0. The number of carbonyl (C=O) groups excluding carboxylic acids is 2. The smallest absolute Gasteiger partial charge is 0.338 e. The molecule has 4 aromatic rings. The number of benzene rings is 2. The molecule has 156 valence electrons. The third-order valence-corrected chi connectivity index (χ3v) is 5.49. The van der Waals surface area contributed by atoms with E-state index in [0.717, 1.165) is 4.88 Å². The van der Waals surface area contributed by atoms with Crippen molar-refractivity contribution in [1.29, 1.82) is 0 Å². The van der Waals surface area contributed by atoms with Crippen molar-refractivity contribution in [3.63, 3.8) is 0 Å². The Bertz CT molecular complexity index is 1350. The minimum absolute atomic E-state index is 0.116. The molecule has 0 spiro atoms. The van der Waals surface area contributed by atoms with Gasteiger partial charge in [-0.05, 0) is 49.4 Å². The molecule has 0 atom stereocenters. The Morgan fingerprint density at radius 3 is 2.65 bits per heavy atom. The maximum absolute atomic E-state index is 12.3. The molecule has 2 heterocycles. The third kappa shape index (κ3) is 4.82. The number of rotatable bonds is 5. The lowest BCUT2D eigenvalue weighted by Gasteiger charge is -2.07. The number of anilines is 1. The van der Waals surface area contributed by atoms with E-state index >= 15 is 0 Å². The van der Waals surface area contributed by atoms with Crippen LogP contribution in [0.25, 0.3) is 4.96 Å². The Kier molecular flexibility index (Phi) is 5.83. The van der Waals surface area contributed by atoms with Gasteiger partial charge >= 0.3 is 5.97 Å². The van der Waals surface area contributed by atoms with Crippen LogP contribution < -0.4 is 10.9 Å². The Hall–Kier alpha value is -3.49. The van der Waals surface area contributed by atoms with Gasteiger partial charge in [-0.3, -0.25) is 14.0 Å². The van der Waals surface area contributed by atoms with Crippen molar-refractivity contribution in [3.8, 4) is 0 Å². The second kappa shape index (κ2) is 8.71. The van der Waals surface area contributed by atoms with E-state index in [2.05, 4.69) is 10.3 Å². The summed E-state index contributed by atoms with van der Waals surface area (Å²) in [5.41, 5.74) is 1.42. The van der Waals surface area contributed by atoms with Gasteiger partial charge in [0, 0.05) is 33.4 Å². The van der Waals surface area contributed by atoms with Crippen molar-refractivity contribution in [2.24, 2.45) is 0 Å². The standard InChI is InChI=1S/C22H16ClN3O4S/c1-13-11-26-19(27)10-18(25-22(26)31-13)12-30-21(29)14-5-7-17(8-6-14)24-20(28)15-3-2-4-16(23)9-15/h2-11H,12H2,1H3,(H,24,28). The summed E-state index contributed by atoms with van der Waals surface area (Å²) >= 11 is 7.29. The van der Waals surface area contributed by atoms with E-state index in [0.29, 0.717) is 32.5 Å². The summed E-state index contributed by atoms with van der Waals surface area (Å²) in [5, 5.41) is 3.21. The number of ether oxygens (including phenoxy) is 1. The summed E-state index contributed by atoms with van der Waals surface area (Å²) in [4.78, 5) is 42.6. The van der Waals surface area contributed by atoms with Crippen LogP contribution in [0.15, 0.2) is 65.6 Å². The Morgan fingerprint density at radius 2 is 1.90 bits per heavy atom. The molecular weight excluding hydrogens is 438 g/mol. The van der Waals surface area contributed by atoms with Crippen LogP contribution in [0.2, 0.25) is 5.02 Å². The zero-order valence-electron chi connectivity index (χ0n) is 16.3. The fourth-order valence-electron chi connectivity index (χ4n) is 2.88. The number of hydrogen-bond donors (Lipinski definition) is 1. The van der Waals surface area contributed by atoms with Crippen LogP contribution in [0.1, 0.15) is 31.3 Å². The molecule has 0 aliphatic heterocycles.